The van der Waals surface area contributed by atoms with Gasteiger partial charge in [0.2, 0.25) is 0 Å². The Hall–Kier alpha value is -0.160. The normalized spacial score (nSPS) is 34.8. The first-order chi connectivity index (χ1) is 5.84. The van der Waals surface area contributed by atoms with Crippen LogP contribution in [-0.4, -0.2) is 44.9 Å². The molecule has 0 aliphatic carbocycles. The van der Waals surface area contributed by atoms with Gasteiger partial charge in [0, 0.05) is 0 Å². The fourth-order valence-corrected chi connectivity index (χ4v) is 0.862. The first-order valence-electron chi connectivity index (χ1n) is 4.31. The maximum absolute atomic E-state index is 5.44. The van der Waals surface area contributed by atoms with Crippen molar-refractivity contribution in [2.45, 2.75) is 25.4 Å². The van der Waals surface area contributed by atoms with Gasteiger partial charge < -0.3 is 18.9 Å². The van der Waals surface area contributed by atoms with Crippen LogP contribution in [0.15, 0.2) is 0 Å². The molecule has 0 saturated carbocycles. The summed E-state index contributed by atoms with van der Waals surface area (Å²) >= 11 is 0. The van der Waals surface area contributed by atoms with E-state index in [4.69, 9.17) is 18.9 Å². The molecule has 4 heteroatoms. The van der Waals surface area contributed by atoms with Crippen LogP contribution in [0.1, 0.15) is 6.92 Å². The molecular formula is C8H14O4. The molecule has 0 aromatic heterocycles. The lowest BCUT2D eigenvalue weighted by Crippen LogP contribution is -2.19. The first-order valence-corrected chi connectivity index (χ1v) is 4.31. The molecule has 3 unspecified atom stereocenters. The largest absolute Gasteiger partial charge is 0.373 e. The predicted molar refractivity (Wildman–Crippen MR) is 40.8 cm³/mol. The van der Waals surface area contributed by atoms with Gasteiger partial charge in [-0.25, -0.2) is 0 Å². The van der Waals surface area contributed by atoms with Crippen LogP contribution >= 0.6 is 0 Å². The van der Waals surface area contributed by atoms with Crippen molar-refractivity contribution >= 4 is 0 Å². The van der Waals surface area contributed by atoms with E-state index >= 15 is 0 Å². The summed E-state index contributed by atoms with van der Waals surface area (Å²) in [6.45, 7) is 4.87. The molecule has 2 fully saturated rings. The van der Waals surface area contributed by atoms with Crippen molar-refractivity contribution < 1.29 is 18.9 Å². The second-order valence-corrected chi connectivity index (χ2v) is 3.20. The molecule has 4 nitrogen and oxygen atoms in total. The van der Waals surface area contributed by atoms with Gasteiger partial charge in [0.05, 0.1) is 25.9 Å². The Morgan fingerprint density at radius 1 is 1.42 bits per heavy atom. The molecule has 70 valence electrons. The van der Waals surface area contributed by atoms with E-state index in [0.29, 0.717) is 19.3 Å². The van der Waals surface area contributed by atoms with Gasteiger partial charge in [-0.1, -0.05) is 0 Å². The Kier molecular flexibility index (Phi) is 2.60. The van der Waals surface area contributed by atoms with Gasteiger partial charge in [-0.05, 0) is 6.92 Å². The highest BCUT2D eigenvalue weighted by molar-refractivity contribution is 4.68. The third-order valence-corrected chi connectivity index (χ3v) is 1.79. The highest BCUT2D eigenvalue weighted by atomic mass is 16.8. The molecule has 3 atom stereocenters. The third kappa shape index (κ3) is 3.06. The highest BCUT2D eigenvalue weighted by Crippen LogP contribution is 2.13. The summed E-state index contributed by atoms with van der Waals surface area (Å²) in [5, 5.41) is 0. The number of ether oxygens (including phenoxy) is 4. The zero-order valence-electron chi connectivity index (χ0n) is 7.19. The lowest BCUT2D eigenvalue weighted by Gasteiger charge is -2.10. The molecule has 0 spiro atoms. The molecule has 2 aliphatic rings. The molecular weight excluding hydrogens is 160 g/mol. The third-order valence-electron chi connectivity index (χ3n) is 1.79. The standard InChI is InChI=1S/C8H14O4/c1-6(2-11-8-5-12-8)9-3-7-4-10-7/h6-8H,2-5H2,1H3. The molecule has 2 saturated heterocycles. The average molecular weight is 174 g/mol. The summed E-state index contributed by atoms with van der Waals surface area (Å²) in [7, 11) is 0. The second-order valence-electron chi connectivity index (χ2n) is 3.20. The molecule has 0 N–H and O–H groups in total. The van der Waals surface area contributed by atoms with E-state index in [1.165, 1.54) is 0 Å². The van der Waals surface area contributed by atoms with Crippen molar-refractivity contribution in [3.63, 3.8) is 0 Å². The van der Waals surface area contributed by atoms with Crippen molar-refractivity contribution in [3.8, 4) is 0 Å². The Morgan fingerprint density at radius 2 is 2.17 bits per heavy atom. The summed E-state index contributed by atoms with van der Waals surface area (Å²) in [5.74, 6) is 0. The minimum absolute atomic E-state index is 0.0354. The summed E-state index contributed by atoms with van der Waals surface area (Å²) in [4.78, 5) is 0. The second kappa shape index (κ2) is 3.70. The molecule has 2 aliphatic heterocycles. The Bertz CT molecular complexity index is 126. The van der Waals surface area contributed by atoms with Crippen LogP contribution in [0.4, 0.5) is 0 Å². The van der Waals surface area contributed by atoms with E-state index in [9.17, 15) is 0 Å². The smallest absolute Gasteiger partial charge is 0.181 e. The number of rotatable bonds is 6. The lowest BCUT2D eigenvalue weighted by atomic mass is 10.4. The Morgan fingerprint density at radius 3 is 2.75 bits per heavy atom. The fraction of sp³-hybridized carbons (Fsp3) is 1.00. The lowest BCUT2D eigenvalue weighted by molar-refractivity contribution is -0.0385. The highest BCUT2D eigenvalue weighted by Gasteiger charge is 2.26. The fourth-order valence-electron chi connectivity index (χ4n) is 0.862. The van der Waals surface area contributed by atoms with E-state index in [1.54, 1.807) is 0 Å². The zero-order valence-corrected chi connectivity index (χ0v) is 7.19. The van der Waals surface area contributed by atoms with Gasteiger partial charge in [0.1, 0.15) is 12.7 Å². The van der Waals surface area contributed by atoms with Crippen molar-refractivity contribution in [1.82, 2.24) is 0 Å². The molecule has 12 heavy (non-hydrogen) atoms. The number of epoxide rings is 2. The minimum Gasteiger partial charge on any atom is -0.373 e. The van der Waals surface area contributed by atoms with Gasteiger partial charge >= 0.3 is 0 Å². The van der Waals surface area contributed by atoms with E-state index < -0.39 is 0 Å². The summed E-state index contributed by atoms with van der Waals surface area (Å²) in [5.41, 5.74) is 0. The minimum atomic E-state index is 0.0354. The number of hydrogen-bond donors (Lipinski definition) is 0. The molecule has 0 aromatic carbocycles. The Balaban J connectivity index is 1.47. The van der Waals surface area contributed by atoms with E-state index in [2.05, 4.69) is 0 Å². The number of hydrogen-bond acceptors (Lipinski definition) is 4. The molecule has 0 aromatic rings. The van der Waals surface area contributed by atoms with Crippen molar-refractivity contribution in [3.05, 3.63) is 0 Å². The summed E-state index contributed by atoms with van der Waals surface area (Å²) in [6.07, 6.45) is 0.510. The van der Waals surface area contributed by atoms with Gasteiger partial charge in [-0.15, -0.1) is 0 Å². The van der Waals surface area contributed by atoms with Crippen LogP contribution in [0, 0.1) is 0 Å². The molecule has 2 rings (SSSR count). The van der Waals surface area contributed by atoms with Gasteiger partial charge in [0.15, 0.2) is 6.29 Å². The van der Waals surface area contributed by atoms with Crippen molar-refractivity contribution in [2.75, 3.05) is 26.4 Å². The van der Waals surface area contributed by atoms with E-state index in [-0.39, 0.29) is 12.4 Å². The molecule has 0 radical (unpaired) electrons. The summed E-state index contributed by atoms with van der Waals surface area (Å²) in [6, 6.07) is 0. The molecule has 0 bridgehead atoms. The van der Waals surface area contributed by atoms with Crippen LogP contribution in [0.25, 0.3) is 0 Å². The monoisotopic (exact) mass is 174 g/mol. The van der Waals surface area contributed by atoms with E-state index in [1.807, 2.05) is 6.92 Å². The van der Waals surface area contributed by atoms with Gasteiger partial charge in [0.25, 0.3) is 0 Å². The topological polar surface area (TPSA) is 43.5 Å². The maximum Gasteiger partial charge on any atom is 0.181 e. The van der Waals surface area contributed by atoms with Crippen molar-refractivity contribution in [1.29, 1.82) is 0 Å². The SMILES string of the molecule is CC(COC1CO1)OCC1CO1. The average Bonchev–Trinajstić information content (AvgIpc) is 2.89. The predicted octanol–water partition coefficient (Wildman–Crippen LogP) is 0.163. The van der Waals surface area contributed by atoms with Crippen LogP contribution < -0.4 is 0 Å². The van der Waals surface area contributed by atoms with Crippen LogP contribution in [0.2, 0.25) is 0 Å². The molecule has 2 heterocycles. The van der Waals surface area contributed by atoms with E-state index in [0.717, 1.165) is 13.2 Å². The van der Waals surface area contributed by atoms with Gasteiger partial charge in [-0.3, -0.25) is 0 Å². The van der Waals surface area contributed by atoms with Crippen LogP contribution in [0.3, 0.4) is 0 Å². The Labute approximate surface area is 71.7 Å². The zero-order chi connectivity index (χ0) is 8.39. The van der Waals surface area contributed by atoms with Crippen LogP contribution in [0.5, 0.6) is 0 Å². The first kappa shape index (κ1) is 8.44. The van der Waals surface area contributed by atoms with Crippen LogP contribution in [-0.2, 0) is 18.9 Å². The quantitative estimate of drug-likeness (QED) is 0.538. The van der Waals surface area contributed by atoms with Crippen molar-refractivity contribution in [2.24, 2.45) is 0 Å². The molecule has 0 amide bonds. The van der Waals surface area contributed by atoms with Gasteiger partial charge in [-0.2, -0.15) is 0 Å². The maximum atomic E-state index is 5.44. The summed E-state index contributed by atoms with van der Waals surface area (Å²) < 4.78 is 20.6.